The summed E-state index contributed by atoms with van der Waals surface area (Å²) in [7, 11) is 0. The Morgan fingerprint density at radius 2 is 2.47 bits per heavy atom. The molecule has 1 aromatic rings. The first kappa shape index (κ1) is 13.8. The fourth-order valence-corrected chi connectivity index (χ4v) is 2.42. The highest BCUT2D eigenvalue weighted by atomic mass is 16.4. The molecule has 2 heterocycles. The SMILES string of the molecule is CC(O)C1CCN(Cc2ccnc(/C(N)=N/O)c2)C1. The largest absolute Gasteiger partial charge is 0.409 e. The number of aliphatic hydroxyl groups excluding tert-OH is 1. The van der Waals surface area contributed by atoms with Crippen molar-refractivity contribution in [3.8, 4) is 0 Å². The van der Waals surface area contributed by atoms with Crippen LogP contribution in [0.2, 0.25) is 0 Å². The zero-order valence-corrected chi connectivity index (χ0v) is 11.0. The average molecular weight is 264 g/mol. The third-order valence-electron chi connectivity index (χ3n) is 3.59. The molecule has 2 rings (SSSR count). The predicted octanol–water partition coefficient (Wildman–Crippen LogP) is 0.379. The molecule has 0 saturated carbocycles. The summed E-state index contributed by atoms with van der Waals surface area (Å²) in [5, 5.41) is 21.2. The van der Waals surface area contributed by atoms with Crippen LogP contribution in [0.4, 0.5) is 0 Å². The molecule has 1 aromatic heterocycles. The molecule has 104 valence electrons. The summed E-state index contributed by atoms with van der Waals surface area (Å²) in [6, 6.07) is 3.74. The van der Waals surface area contributed by atoms with E-state index >= 15 is 0 Å². The number of nitrogens with zero attached hydrogens (tertiary/aromatic N) is 3. The average Bonchev–Trinajstić information content (AvgIpc) is 2.87. The summed E-state index contributed by atoms with van der Waals surface area (Å²) in [4.78, 5) is 6.35. The van der Waals surface area contributed by atoms with Crippen molar-refractivity contribution in [1.29, 1.82) is 0 Å². The van der Waals surface area contributed by atoms with E-state index in [9.17, 15) is 5.11 Å². The van der Waals surface area contributed by atoms with E-state index in [0.29, 0.717) is 11.6 Å². The lowest BCUT2D eigenvalue weighted by Gasteiger charge is -2.17. The molecule has 6 heteroatoms. The van der Waals surface area contributed by atoms with Crippen LogP contribution < -0.4 is 5.73 Å². The van der Waals surface area contributed by atoms with E-state index in [2.05, 4.69) is 15.0 Å². The number of likely N-dealkylation sites (tertiary alicyclic amines) is 1. The number of hydrogen-bond donors (Lipinski definition) is 3. The summed E-state index contributed by atoms with van der Waals surface area (Å²) in [5.74, 6) is 0.371. The predicted molar refractivity (Wildman–Crippen MR) is 71.8 cm³/mol. The van der Waals surface area contributed by atoms with Crippen molar-refractivity contribution < 1.29 is 10.3 Å². The van der Waals surface area contributed by atoms with Crippen LogP contribution in [0.1, 0.15) is 24.6 Å². The number of nitrogens with two attached hydrogens (primary N) is 1. The van der Waals surface area contributed by atoms with Gasteiger partial charge in [-0.3, -0.25) is 9.88 Å². The van der Waals surface area contributed by atoms with Crippen LogP contribution in [0, 0.1) is 5.92 Å². The van der Waals surface area contributed by atoms with Gasteiger partial charge in [0, 0.05) is 19.3 Å². The molecule has 19 heavy (non-hydrogen) atoms. The third kappa shape index (κ3) is 3.42. The molecule has 2 unspecified atom stereocenters. The second kappa shape index (κ2) is 5.99. The highest BCUT2D eigenvalue weighted by Gasteiger charge is 2.25. The zero-order chi connectivity index (χ0) is 13.8. The standard InChI is InChI=1S/C13H20N4O2/c1-9(18)11-3-5-17(8-11)7-10-2-4-15-12(6-10)13(14)16-19/h2,4,6,9,11,18-19H,3,5,7-8H2,1H3,(H2,14,16). The number of amidine groups is 1. The molecule has 4 N–H and O–H groups in total. The summed E-state index contributed by atoms with van der Waals surface area (Å²) in [6.07, 6.45) is 2.43. The van der Waals surface area contributed by atoms with Crippen LogP contribution in [-0.2, 0) is 6.54 Å². The molecule has 1 aliphatic rings. The number of aliphatic hydroxyl groups is 1. The smallest absolute Gasteiger partial charge is 0.188 e. The van der Waals surface area contributed by atoms with Gasteiger partial charge in [-0.2, -0.15) is 0 Å². The molecule has 1 aliphatic heterocycles. The van der Waals surface area contributed by atoms with Crippen molar-refractivity contribution in [3.63, 3.8) is 0 Å². The van der Waals surface area contributed by atoms with E-state index in [1.807, 2.05) is 19.1 Å². The summed E-state index contributed by atoms with van der Waals surface area (Å²) >= 11 is 0. The van der Waals surface area contributed by atoms with Gasteiger partial charge >= 0.3 is 0 Å². The molecule has 1 saturated heterocycles. The Morgan fingerprint density at radius 1 is 1.68 bits per heavy atom. The lowest BCUT2D eigenvalue weighted by Crippen LogP contribution is -2.24. The first-order valence-electron chi connectivity index (χ1n) is 6.43. The van der Waals surface area contributed by atoms with Crippen LogP contribution in [0.3, 0.4) is 0 Å². The fraction of sp³-hybridized carbons (Fsp3) is 0.538. The van der Waals surface area contributed by atoms with Crippen LogP contribution >= 0.6 is 0 Å². The van der Waals surface area contributed by atoms with Gasteiger partial charge in [0.2, 0.25) is 0 Å². The molecule has 0 radical (unpaired) electrons. The van der Waals surface area contributed by atoms with E-state index in [1.165, 1.54) is 0 Å². The minimum Gasteiger partial charge on any atom is -0.409 e. The number of hydrogen-bond acceptors (Lipinski definition) is 5. The van der Waals surface area contributed by atoms with Crippen LogP contribution in [0.15, 0.2) is 23.5 Å². The Labute approximate surface area is 112 Å². The lowest BCUT2D eigenvalue weighted by atomic mass is 10.0. The van der Waals surface area contributed by atoms with Gasteiger partial charge in [0.15, 0.2) is 5.84 Å². The van der Waals surface area contributed by atoms with Gasteiger partial charge in [0.25, 0.3) is 0 Å². The topological polar surface area (TPSA) is 95.0 Å². The molecule has 2 atom stereocenters. The maximum absolute atomic E-state index is 9.59. The molecule has 0 amide bonds. The number of oxime groups is 1. The minimum atomic E-state index is -0.254. The van der Waals surface area contributed by atoms with Gasteiger partial charge in [-0.1, -0.05) is 5.16 Å². The van der Waals surface area contributed by atoms with Crippen molar-refractivity contribution in [1.82, 2.24) is 9.88 Å². The molecule has 0 aliphatic carbocycles. The van der Waals surface area contributed by atoms with E-state index < -0.39 is 0 Å². The third-order valence-corrected chi connectivity index (χ3v) is 3.59. The maximum atomic E-state index is 9.59. The molecule has 6 nitrogen and oxygen atoms in total. The van der Waals surface area contributed by atoms with Gasteiger partial charge in [-0.15, -0.1) is 0 Å². The summed E-state index contributed by atoms with van der Waals surface area (Å²) in [6.45, 7) is 4.52. The van der Waals surface area contributed by atoms with Gasteiger partial charge in [0.05, 0.1) is 6.10 Å². The summed E-state index contributed by atoms with van der Waals surface area (Å²) in [5.41, 5.74) is 7.07. The quantitative estimate of drug-likeness (QED) is 0.316. The van der Waals surface area contributed by atoms with Gasteiger partial charge in [0.1, 0.15) is 5.69 Å². The Balaban J connectivity index is 2.00. The van der Waals surface area contributed by atoms with Crippen molar-refractivity contribution >= 4 is 5.84 Å². The number of rotatable bonds is 4. The van der Waals surface area contributed by atoms with E-state index in [4.69, 9.17) is 10.9 Å². The Hall–Kier alpha value is -1.66. The second-order valence-electron chi connectivity index (χ2n) is 5.06. The van der Waals surface area contributed by atoms with E-state index in [1.54, 1.807) is 6.20 Å². The Bertz CT molecular complexity index is 462. The molecule has 0 aromatic carbocycles. The molecular weight excluding hydrogens is 244 g/mol. The number of pyridine rings is 1. The molecule has 0 spiro atoms. The van der Waals surface area contributed by atoms with Gasteiger partial charge < -0.3 is 16.0 Å². The zero-order valence-electron chi connectivity index (χ0n) is 11.0. The highest BCUT2D eigenvalue weighted by Crippen LogP contribution is 2.21. The Kier molecular flexibility index (Phi) is 4.34. The van der Waals surface area contributed by atoms with Gasteiger partial charge in [-0.25, -0.2) is 0 Å². The van der Waals surface area contributed by atoms with E-state index in [-0.39, 0.29) is 11.9 Å². The minimum absolute atomic E-state index is 0.0186. The first-order valence-corrected chi connectivity index (χ1v) is 6.43. The molecule has 0 bridgehead atoms. The number of aromatic nitrogens is 1. The van der Waals surface area contributed by atoms with Crippen LogP contribution in [-0.4, -0.2) is 45.2 Å². The maximum Gasteiger partial charge on any atom is 0.188 e. The second-order valence-corrected chi connectivity index (χ2v) is 5.06. The van der Waals surface area contributed by atoms with Crippen molar-refractivity contribution in [2.45, 2.75) is 26.0 Å². The van der Waals surface area contributed by atoms with Crippen LogP contribution in [0.25, 0.3) is 0 Å². The molecular formula is C13H20N4O2. The first-order chi connectivity index (χ1) is 9.10. The lowest BCUT2D eigenvalue weighted by molar-refractivity contribution is 0.127. The fourth-order valence-electron chi connectivity index (χ4n) is 2.42. The highest BCUT2D eigenvalue weighted by molar-refractivity contribution is 5.95. The molecule has 1 fully saturated rings. The van der Waals surface area contributed by atoms with Gasteiger partial charge in [-0.05, 0) is 43.5 Å². The Morgan fingerprint density at radius 3 is 3.11 bits per heavy atom. The van der Waals surface area contributed by atoms with Crippen LogP contribution in [0.5, 0.6) is 0 Å². The normalized spacial score (nSPS) is 22.6. The van der Waals surface area contributed by atoms with Crippen molar-refractivity contribution in [2.24, 2.45) is 16.8 Å². The van der Waals surface area contributed by atoms with Crippen molar-refractivity contribution in [3.05, 3.63) is 29.6 Å². The monoisotopic (exact) mass is 264 g/mol. The van der Waals surface area contributed by atoms with Crippen molar-refractivity contribution in [2.75, 3.05) is 13.1 Å². The van der Waals surface area contributed by atoms with E-state index in [0.717, 1.165) is 31.6 Å². The summed E-state index contributed by atoms with van der Waals surface area (Å²) < 4.78 is 0.